The number of carboxylic acid groups (broad SMARTS) is 1. The molecule has 0 aliphatic rings. The molecule has 0 aromatic carbocycles. The Morgan fingerprint density at radius 1 is 1.32 bits per heavy atom. The van der Waals surface area contributed by atoms with E-state index in [1.807, 2.05) is 0 Å². The van der Waals surface area contributed by atoms with Crippen molar-refractivity contribution in [2.45, 2.75) is 32.7 Å². The van der Waals surface area contributed by atoms with E-state index in [0.29, 0.717) is 32.1 Å². The molecular formula is C12H24N2O5. The predicted octanol–water partition coefficient (Wildman–Crippen LogP) is 0.184. The maximum absolute atomic E-state index is 11.4. The van der Waals surface area contributed by atoms with Gasteiger partial charge in [-0.15, -0.1) is 0 Å². The Kier molecular flexibility index (Phi) is 9.82. The van der Waals surface area contributed by atoms with Crippen molar-refractivity contribution < 1.29 is 24.5 Å². The number of aliphatic carboxylic acids is 1. The molecule has 0 heterocycles. The number of ether oxygens (including phenoxy) is 1. The normalized spacial score (nSPS) is 12.2. The van der Waals surface area contributed by atoms with Gasteiger partial charge < -0.3 is 25.6 Å². The Hall–Kier alpha value is -1.34. The third-order valence-electron chi connectivity index (χ3n) is 2.22. The molecule has 0 aliphatic heterocycles. The van der Waals surface area contributed by atoms with Crippen LogP contribution in [0.25, 0.3) is 0 Å². The molecule has 0 bridgehead atoms. The summed E-state index contributed by atoms with van der Waals surface area (Å²) in [4.78, 5) is 22.1. The van der Waals surface area contributed by atoms with E-state index in [1.54, 1.807) is 0 Å². The fourth-order valence-corrected chi connectivity index (χ4v) is 1.29. The second-order valence-corrected chi connectivity index (χ2v) is 4.63. The van der Waals surface area contributed by atoms with Gasteiger partial charge in [-0.2, -0.15) is 0 Å². The van der Waals surface area contributed by atoms with Crippen LogP contribution in [0.1, 0.15) is 26.7 Å². The number of hydrogen-bond acceptors (Lipinski definition) is 4. The molecule has 0 rings (SSSR count). The minimum absolute atomic E-state index is 0.0136. The van der Waals surface area contributed by atoms with Crippen molar-refractivity contribution in [3.05, 3.63) is 0 Å². The molecule has 0 aromatic heterocycles. The van der Waals surface area contributed by atoms with Crippen LogP contribution in [0.15, 0.2) is 0 Å². The summed E-state index contributed by atoms with van der Waals surface area (Å²) in [7, 11) is 0. The number of aliphatic hydroxyl groups excluding tert-OH is 1. The Balaban J connectivity index is 3.65. The summed E-state index contributed by atoms with van der Waals surface area (Å²) in [5, 5.41) is 22.3. The number of aliphatic hydroxyl groups is 1. The van der Waals surface area contributed by atoms with Gasteiger partial charge in [0, 0.05) is 32.8 Å². The van der Waals surface area contributed by atoms with Gasteiger partial charge in [-0.05, 0) is 12.3 Å². The fourth-order valence-electron chi connectivity index (χ4n) is 1.29. The van der Waals surface area contributed by atoms with Gasteiger partial charge in [0.15, 0.2) is 0 Å². The van der Waals surface area contributed by atoms with Crippen molar-refractivity contribution in [2.24, 2.45) is 5.92 Å². The minimum atomic E-state index is -1.16. The maximum atomic E-state index is 11.4. The largest absolute Gasteiger partial charge is 0.480 e. The molecule has 0 saturated heterocycles. The number of carbonyl (C=O) groups excluding carboxylic acids is 1. The topological polar surface area (TPSA) is 108 Å². The molecule has 2 amide bonds. The van der Waals surface area contributed by atoms with Crippen molar-refractivity contribution >= 4 is 12.0 Å². The summed E-state index contributed by atoms with van der Waals surface area (Å²) in [5.74, 6) is -0.685. The Morgan fingerprint density at radius 2 is 2.00 bits per heavy atom. The third kappa shape index (κ3) is 10.3. The second-order valence-electron chi connectivity index (χ2n) is 4.63. The second kappa shape index (κ2) is 10.6. The van der Waals surface area contributed by atoms with E-state index in [4.69, 9.17) is 14.9 Å². The highest BCUT2D eigenvalue weighted by atomic mass is 16.5. The van der Waals surface area contributed by atoms with Gasteiger partial charge in [-0.25, -0.2) is 9.59 Å². The molecule has 7 nitrogen and oxygen atoms in total. The van der Waals surface area contributed by atoms with Gasteiger partial charge in [-0.1, -0.05) is 13.8 Å². The van der Waals surface area contributed by atoms with Crippen molar-refractivity contribution in [3.63, 3.8) is 0 Å². The average Bonchev–Trinajstić information content (AvgIpc) is 2.32. The van der Waals surface area contributed by atoms with Crippen molar-refractivity contribution in [3.8, 4) is 0 Å². The SMILES string of the molecule is CC(C)COCCCNC(=O)N[C@@H](CCO)C(=O)O. The summed E-state index contributed by atoms with van der Waals surface area (Å²) in [6, 6.07) is -1.62. The number of amides is 2. The molecule has 0 unspecified atom stereocenters. The van der Waals surface area contributed by atoms with Crippen LogP contribution >= 0.6 is 0 Å². The summed E-state index contributed by atoms with van der Waals surface area (Å²) in [6.45, 7) is 5.47. The number of hydrogen-bond donors (Lipinski definition) is 4. The standard InChI is InChI=1S/C12H24N2O5/c1-9(2)8-19-7-3-5-13-12(18)14-10(4-6-15)11(16)17/h9-10,15H,3-8H2,1-2H3,(H,16,17)(H2,13,14,18)/t10-/m0/s1. The van der Waals surface area contributed by atoms with Crippen LogP contribution in [-0.2, 0) is 9.53 Å². The van der Waals surface area contributed by atoms with E-state index in [-0.39, 0.29) is 13.0 Å². The zero-order valence-electron chi connectivity index (χ0n) is 11.5. The molecule has 4 N–H and O–H groups in total. The van der Waals surface area contributed by atoms with Crippen LogP contribution in [0.3, 0.4) is 0 Å². The number of urea groups is 1. The molecule has 0 aliphatic carbocycles. The smallest absolute Gasteiger partial charge is 0.326 e. The van der Waals surface area contributed by atoms with E-state index >= 15 is 0 Å². The van der Waals surface area contributed by atoms with Crippen LogP contribution in [0.2, 0.25) is 0 Å². The summed E-state index contributed by atoms with van der Waals surface area (Å²) < 4.78 is 5.34. The monoisotopic (exact) mass is 276 g/mol. The molecule has 1 atom stereocenters. The highest BCUT2D eigenvalue weighted by Gasteiger charge is 2.18. The van der Waals surface area contributed by atoms with E-state index in [2.05, 4.69) is 24.5 Å². The van der Waals surface area contributed by atoms with Crippen LogP contribution in [0, 0.1) is 5.92 Å². The zero-order valence-corrected chi connectivity index (χ0v) is 11.5. The molecule has 0 spiro atoms. The molecule has 0 radical (unpaired) electrons. The summed E-state index contributed by atoms with van der Waals surface area (Å²) in [5.41, 5.74) is 0. The molecule has 112 valence electrons. The number of carboxylic acids is 1. The lowest BCUT2D eigenvalue weighted by Gasteiger charge is -2.14. The molecule has 7 heteroatoms. The van der Waals surface area contributed by atoms with Crippen LogP contribution in [-0.4, -0.2) is 54.6 Å². The Bertz CT molecular complexity index is 271. The fraction of sp³-hybridized carbons (Fsp3) is 0.833. The lowest BCUT2D eigenvalue weighted by molar-refractivity contribution is -0.139. The zero-order chi connectivity index (χ0) is 14.7. The van der Waals surface area contributed by atoms with Crippen molar-refractivity contribution in [1.29, 1.82) is 0 Å². The summed E-state index contributed by atoms with van der Waals surface area (Å²) in [6.07, 6.45) is 0.651. The maximum Gasteiger partial charge on any atom is 0.326 e. The minimum Gasteiger partial charge on any atom is -0.480 e. The Labute approximate surface area is 113 Å². The number of rotatable bonds is 10. The van der Waals surface area contributed by atoms with Gasteiger partial charge >= 0.3 is 12.0 Å². The van der Waals surface area contributed by atoms with E-state index < -0.39 is 18.0 Å². The third-order valence-corrected chi connectivity index (χ3v) is 2.22. The van der Waals surface area contributed by atoms with Crippen molar-refractivity contribution in [2.75, 3.05) is 26.4 Å². The van der Waals surface area contributed by atoms with Crippen LogP contribution < -0.4 is 10.6 Å². The lowest BCUT2D eigenvalue weighted by atomic mass is 10.2. The van der Waals surface area contributed by atoms with E-state index in [9.17, 15) is 9.59 Å². The first kappa shape index (κ1) is 17.7. The lowest BCUT2D eigenvalue weighted by Crippen LogP contribution is -2.46. The average molecular weight is 276 g/mol. The van der Waals surface area contributed by atoms with Gasteiger partial charge in [0.2, 0.25) is 0 Å². The first-order chi connectivity index (χ1) is 8.97. The van der Waals surface area contributed by atoms with Crippen molar-refractivity contribution in [1.82, 2.24) is 10.6 Å². The number of nitrogens with one attached hydrogen (secondary N) is 2. The van der Waals surface area contributed by atoms with Gasteiger partial charge in [0.1, 0.15) is 6.04 Å². The first-order valence-electron chi connectivity index (χ1n) is 6.43. The highest BCUT2D eigenvalue weighted by molar-refractivity contribution is 5.82. The van der Waals surface area contributed by atoms with Crippen LogP contribution in [0.5, 0.6) is 0 Å². The Morgan fingerprint density at radius 3 is 2.53 bits per heavy atom. The van der Waals surface area contributed by atoms with Gasteiger partial charge in [-0.3, -0.25) is 0 Å². The molecule has 0 saturated carbocycles. The predicted molar refractivity (Wildman–Crippen MR) is 69.9 cm³/mol. The quantitative estimate of drug-likeness (QED) is 0.426. The van der Waals surface area contributed by atoms with Crippen LogP contribution in [0.4, 0.5) is 4.79 Å². The van der Waals surface area contributed by atoms with Gasteiger partial charge in [0.05, 0.1) is 0 Å². The van der Waals surface area contributed by atoms with E-state index in [1.165, 1.54) is 0 Å². The highest BCUT2D eigenvalue weighted by Crippen LogP contribution is 1.93. The molecule has 0 fully saturated rings. The van der Waals surface area contributed by atoms with E-state index in [0.717, 1.165) is 0 Å². The number of carbonyl (C=O) groups is 2. The molecule has 0 aromatic rings. The first-order valence-corrected chi connectivity index (χ1v) is 6.43. The van der Waals surface area contributed by atoms with Gasteiger partial charge in [0.25, 0.3) is 0 Å². The molecular weight excluding hydrogens is 252 g/mol. The summed E-state index contributed by atoms with van der Waals surface area (Å²) >= 11 is 0. The molecule has 19 heavy (non-hydrogen) atoms.